The lowest BCUT2D eigenvalue weighted by Crippen LogP contribution is -2.56. The molecule has 20 heavy (non-hydrogen) atoms. The van der Waals surface area contributed by atoms with Gasteiger partial charge in [0, 0.05) is 0 Å². The van der Waals surface area contributed by atoms with Crippen LogP contribution >= 0.6 is 0 Å². The summed E-state index contributed by atoms with van der Waals surface area (Å²) in [6.45, 7) is 0. The van der Waals surface area contributed by atoms with E-state index < -0.39 is 41.0 Å². The molecule has 1 nitrogen and oxygen atoms in total. The minimum Gasteiger partial charge on any atom is -0.287 e. The number of alkyl halides is 7. The van der Waals surface area contributed by atoms with E-state index in [-0.39, 0.29) is 12.1 Å². The van der Waals surface area contributed by atoms with Crippen molar-refractivity contribution in [1.29, 1.82) is 0 Å². The van der Waals surface area contributed by atoms with Crippen molar-refractivity contribution in [2.45, 2.75) is 18.0 Å². The summed E-state index contributed by atoms with van der Waals surface area (Å²) in [6.07, 6.45) is -6.74. The fourth-order valence-electron chi connectivity index (χ4n) is 1.16. The van der Waals surface area contributed by atoms with E-state index >= 15 is 0 Å². The fourth-order valence-corrected chi connectivity index (χ4v) is 1.16. The summed E-state index contributed by atoms with van der Waals surface area (Å²) in [4.78, 5) is 11.0. The second-order valence-corrected chi connectivity index (χ2v) is 3.60. The third-order valence-corrected chi connectivity index (χ3v) is 2.21. The maximum atomic E-state index is 13.0. The molecule has 0 saturated heterocycles. The Hall–Kier alpha value is -1.74. The number of halogens is 9. The number of hydrogen-bond acceptors (Lipinski definition) is 1. The van der Waals surface area contributed by atoms with Gasteiger partial charge in [-0.2, -0.15) is 30.7 Å². The topological polar surface area (TPSA) is 17.1 Å². The Morgan fingerprint density at radius 2 is 1.40 bits per heavy atom. The lowest BCUT2D eigenvalue weighted by atomic mass is 9.99. The van der Waals surface area contributed by atoms with Crippen LogP contribution in [0.25, 0.3) is 0 Å². The van der Waals surface area contributed by atoms with Gasteiger partial charge in [0.1, 0.15) is 11.6 Å². The average Bonchev–Trinajstić information content (AvgIpc) is 2.29. The highest BCUT2D eigenvalue weighted by molar-refractivity contribution is 6.02. The fraction of sp³-hybridized carbons (Fsp3) is 0.300. The van der Waals surface area contributed by atoms with Gasteiger partial charge >= 0.3 is 18.0 Å². The Balaban J connectivity index is 3.35. The Morgan fingerprint density at radius 1 is 0.900 bits per heavy atom. The van der Waals surface area contributed by atoms with Crippen molar-refractivity contribution in [3.63, 3.8) is 0 Å². The number of Topliss-reactive ketones (excluding diaryl/α,β-unsaturated/α-hetero) is 1. The quantitative estimate of drug-likeness (QED) is 0.609. The summed E-state index contributed by atoms with van der Waals surface area (Å²) in [5.41, 5.74) is -1.90. The van der Waals surface area contributed by atoms with Crippen LogP contribution in [0, 0.1) is 11.6 Å². The lowest BCUT2D eigenvalue weighted by Gasteiger charge is -2.27. The number of carbonyl (C=O) groups excluding carboxylic acids is 1. The second kappa shape index (κ2) is 4.67. The molecule has 0 aliphatic rings. The monoisotopic (exact) mass is 310 g/mol. The molecule has 0 spiro atoms. The van der Waals surface area contributed by atoms with E-state index in [0.29, 0.717) is 6.07 Å². The number of ketones is 1. The minimum absolute atomic E-state index is 0.143. The molecular weight excluding hydrogens is 307 g/mol. The third-order valence-electron chi connectivity index (χ3n) is 2.21. The van der Waals surface area contributed by atoms with E-state index in [1.54, 1.807) is 0 Å². The second-order valence-electron chi connectivity index (χ2n) is 3.60. The smallest absolute Gasteiger partial charge is 0.287 e. The summed E-state index contributed by atoms with van der Waals surface area (Å²) >= 11 is 0. The van der Waals surface area contributed by atoms with Crippen LogP contribution in [0.15, 0.2) is 18.2 Å². The SMILES string of the molecule is O=C(c1cc(F)ccc1F)C(F)(F)C(F)(F)C(F)(F)F. The molecule has 0 atom stereocenters. The maximum absolute atomic E-state index is 13.0. The molecule has 0 radical (unpaired) electrons. The molecule has 0 saturated carbocycles. The van der Waals surface area contributed by atoms with E-state index in [1.807, 2.05) is 0 Å². The molecular formula is C10H3F9O. The third kappa shape index (κ3) is 2.46. The summed E-state index contributed by atoms with van der Waals surface area (Å²) in [5, 5.41) is 0. The summed E-state index contributed by atoms with van der Waals surface area (Å²) in [5.74, 6) is -19.5. The van der Waals surface area contributed by atoms with Crippen molar-refractivity contribution in [2.75, 3.05) is 0 Å². The predicted molar refractivity (Wildman–Crippen MR) is 46.6 cm³/mol. The summed E-state index contributed by atoms with van der Waals surface area (Å²) in [6, 6.07) is 0.314. The Kier molecular flexibility index (Phi) is 3.81. The van der Waals surface area contributed by atoms with Crippen LogP contribution < -0.4 is 0 Å². The largest absolute Gasteiger partial charge is 0.460 e. The standard InChI is InChI=1S/C10H3F9O/c11-4-1-2-6(12)5(3-4)7(20)8(13,14)9(15,16)10(17,18)19/h1-3H. The number of carbonyl (C=O) groups is 1. The Morgan fingerprint density at radius 3 is 1.85 bits per heavy atom. The van der Waals surface area contributed by atoms with Gasteiger partial charge in [0.25, 0.3) is 0 Å². The molecule has 10 heteroatoms. The van der Waals surface area contributed by atoms with Crippen molar-refractivity contribution in [1.82, 2.24) is 0 Å². The Labute approximate surface area is 105 Å². The molecule has 0 fully saturated rings. The van der Waals surface area contributed by atoms with Crippen LogP contribution in [0.4, 0.5) is 39.5 Å². The predicted octanol–water partition coefficient (Wildman–Crippen LogP) is 3.98. The molecule has 1 rings (SSSR count). The molecule has 0 unspecified atom stereocenters. The van der Waals surface area contributed by atoms with Crippen molar-refractivity contribution < 1.29 is 44.3 Å². The van der Waals surface area contributed by atoms with Crippen molar-refractivity contribution in [3.8, 4) is 0 Å². The molecule has 0 heterocycles. The maximum Gasteiger partial charge on any atom is 0.460 e. The van der Waals surface area contributed by atoms with E-state index in [0.717, 1.165) is 0 Å². The van der Waals surface area contributed by atoms with Crippen molar-refractivity contribution >= 4 is 5.78 Å². The Bertz CT molecular complexity index is 532. The number of rotatable bonds is 3. The van der Waals surface area contributed by atoms with Gasteiger partial charge in [-0.25, -0.2) is 8.78 Å². The van der Waals surface area contributed by atoms with Crippen LogP contribution in [0.3, 0.4) is 0 Å². The van der Waals surface area contributed by atoms with Gasteiger partial charge in [0.2, 0.25) is 5.78 Å². The highest BCUT2D eigenvalue weighted by atomic mass is 19.4. The zero-order valence-corrected chi connectivity index (χ0v) is 9.04. The minimum atomic E-state index is -6.74. The summed E-state index contributed by atoms with van der Waals surface area (Å²) < 4.78 is 112. The molecule has 0 N–H and O–H groups in total. The molecule has 0 aliphatic heterocycles. The van der Waals surface area contributed by atoms with Crippen LogP contribution in [0.2, 0.25) is 0 Å². The van der Waals surface area contributed by atoms with Gasteiger partial charge in [0.15, 0.2) is 0 Å². The van der Waals surface area contributed by atoms with Crippen molar-refractivity contribution in [3.05, 3.63) is 35.4 Å². The van der Waals surface area contributed by atoms with Gasteiger partial charge in [-0.1, -0.05) is 0 Å². The molecule has 0 aromatic heterocycles. The molecule has 0 aliphatic carbocycles. The first kappa shape index (κ1) is 16.3. The summed E-state index contributed by atoms with van der Waals surface area (Å²) in [7, 11) is 0. The normalized spacial score (nSPS) is 13.4. The highest BCUT2D eigenvalue weighted by Gasteiger charge is 2.76. The zero-order chi connectivity index (χ0) is 15.9. The molecule has 1 aromatic carbocycles. The van der Waals surface area contributed by atoms with E-state index in [9.17, 15) is 44.3 Å². The zero-order valence-electron chi connectivity index (χ0n) is 9.04. The number of hydrogen-bond donors (Lipinski definition) is 0. The first-order valence-electron chi connectivity index (χ1n) is 4.64. The van der Waals surface area contributed by atoms with Crippen LogP contribution in [0.5, 0.6) is 0 Å². The first-order valence-corrected chi connectivity index (χ1v) is 4.64. The molecule has 0 bridgehead atoms. The molecule has 0 amide bonds. The van der Waals surface area contributed by atoms with Crippen LogP contribution in [-0.2, 0) is 0 Å². The van der Waals surface area contributed by atoms with Gasteiger partial charge in [0.05, 0.1) is 5.56 Å². The van der Waals surface area contributed by atoms with E-state index in [1.165, 1.54) is 0 Å². The first-order chi connectivity index (χ1) is 8.82. The van der Waals surface area contributed by atoms with Crippen LogP contribution in [0.1, 0.15) is 10.4 Å². The van der Waals surface area contributed by atoms with Gasteiger partial charge in [-0.15, -0.1) is 0 Å². The van der Waals surface area contributed by atoms with Crippen LogP contribution in [-0.4, -0.2) is 23.8 Å². The van der Waals surface area contributed by atoms with Gasteiger partial charge in [-0.3, -0.25) is 4.79 Å². The van der Waals surface area contributed by atoms with E-state index in [4.69, 9.17) is 0 Å². The highest BCUT2D eigenvalue weighted by Crippen LogP contribution is 2.47. The molecule has 1 aromatic rings. The van der Waals surface area contributed by atoms with E-state index in [2.05, 4.69) is 0 Å². The van der Waals surface area contributed by atoms with Crippen molar-refractivity contribution in [2.24, 2.45) is 0 Å². The lowest BCUT2D eigenvalue weighted by molar-refractivity contribution is -0.339. The number of benzene rings is 1. The van der Waals surface area contributed by atoms with Gasteiger partial charge < -0.3 is 0 Å². The average molecular weight is 310 g/mol. The van der Waals surface area contributed by atoms with Gasteiger partial charge in [-0.05, 0) is 18.2 Å². The molecule has 112 valence electrons.